The number of hydrogen-bond acceptors (Lipinski definition) is 4. The molecule has 1 rings (SSSR count). The molecule has 0 bridgehead atoms. The van der Waals surface area contributed by atoms with E-state index in [1.165, 1.54) is 0 Å². The molecule has 4 heteroatoms. The molecule has 0 radical (unpaired) electrons. The molecule has 1 aromatic rings. The molecule has 0 saturated heterocycles. The SMILES string of the molecule is CSCCN.O=C([O-])Cc1ccccc1. The average Bonchev–Trinajstić information content (AvgIpc) is 2.20. The van der Waals surface area contributed by atoms with Gasteiger partial charge < -0.3 is 15.6 Å². The molecule has 15 heavy (non-hydrogen) atoms. The second kappa shape index (κ2) is 9.55. The van der Waals surface area contributed by atoms with Crippen LogP contribution in [0, 0.1) is 0 Å². The Balaban J connectivity index is 0.000000336. The Hall–Kier alpha value is -1.00. The Morgan fingerprint density at radius 1 is 1.40 bits per heavy atom. The fourth-order valence-corrected chi connectivity index (χ4v) is 1.12. The van der Waals surface area contributed by atoms with E-state index in [1.54, 1.807) is 36.0 Å². The lowest BCUT2D eigenvalue weighted by molar-refractivity contribution is -0.304. The molecule has 0 spiro atoms. The Labute approximate surface area is 94.7 Å². The molecule has 0 unspecified atom stereocenters. The fraction of sp³-hybridized carbons (Fsp3) is 0.364. The average molecular weight is 226 g/mol. The summed E-state index contributed by atoms with van der Waals surface area (Å²) >= 11 is 1.78. The molecule has 0 atom stereocenters. The summed E-state index contributed by atoms with van der Waals surface area (Å²) in [5, 5.41) is 10.1. The molecule has 2 N–H and O–H groups in total. The van der Waals surface area contributed by atoms with Gasteiger partial charge in [-0.25, -0.2) is 0 Å². The second-order valence-electron chi connectivity index (χ2n) is 2.82. The number of carboxylic acid groups (broad SMARTS) is 1. The summed E-state index contributed by atoms with van der Waals surface area (Å²) in [5.41, 5.74) is 5.90. The van der Waals surface area contributed by atoms with E-state index in [9.17, 15) is 9.90 Å². The van der Waals surface area contributed by atoms with Crippen LogP contribution < -0.4 is 10.8 Å². The topological polar surface area (TPSA) is 66.2 Å². The van der Waals surface area contributed by atoms with Crippen LogP contribution in [-0.2, 0) is 11.2 Å². The number of nitrogens with two attached hydrogens (primary N) is 1. The molecular formula is C11H16NO2S-. The van der Waals surface area contributed by atoms with E-state index in [-0.39, 0.29) is 6.42 Å². The normalized spacial score (nSPS) is 8.93. The summed E-state index contributed by atoms with van der Waals surface area (Å²) in [4.78, 5) is 10.1. The van der Waals surface area contributed by atoms with Crippen LogP contribution in [-0.4, -0.2) is 24.5 Å². The molecule has 3 nitrogen and oxygen atoms in total. The first-order chi connectivity index (χ1) is 7.20. The molecule has 0 saturated carbocycles. The molecule has 0 aliphatic carbocycles. The summed E-state index contributed by atoms with van der Waals surface area (Å²) in [6, 6.07) is 8.97. The number of thioether (sulfide) groups is 1. The summed E-state index contributed by atoms with van der Waals surface area (Å²) in [7, 11) is 0. The Morgan fingerprint density at radius 2 is 2.00 bits per heavy atom. The van der Waals surface area contributed by atoms with E-state index in [4.69, 9.17) is 5.73 Å². The third-order valence-corrected chi connectivity index (χ3v) is 2.16. The van der Waals surface area contributed by atoms with Gasteiger partial charge in [-0.3, -0.25) is 0 Å². The summed E-state index contributed by atoms with van der Waals surface area (Å²) in [5.74, 6) is 0.0474. The van der Waals surface area contributed by atoms with Crippen molar-refractivity contribution < 1.29 is 9.90 Å². The lowest BCUT2D eigenvalue weighted by Gasteiger charge is -1.99. The Morgan fingerprint density at radius 3 is 2.33 bits per heavy atom. The molecule has 0 amide bonds. The van der Waals surface area contributed by atoms with E-state index >= 15 is 0 Å². The van der Waals surface area contributed by atoms with Gasteiger partial charge in [-0.05, 0) is 11.8 Å². The molecule has 1 aromatic carbocycles. The number of carbonyl (C=O) groups is 1. The lowest BCUT2D eigenvalue weighted by atomic mass is 10.2. The first-order valence-electron chi connectivity index (χ1n) is 4.63. The maximum absolute atomic E-state index is 10.1. The van der Waals surface area contributed by atoms with E-state index in [2.05, 4.69) is 0 Å². The quantitative estimate of drug-likeness (QED) is 0.801. The molecule has 0 heterocycles. The maximum Gasteiger partial charge on any atom is 0.0458 e. The minimum absolute atomic E-state index is 0.000833. The van der Waals surface area contributed by atoms with Crippen molar-refractivity contribution >= 4 is 17.7 Å². The van der Waals surface area contributed by atoms with Crippen molar-refractivity contribution in [2.24, 2.45) is 5.73 Å². The van der Waals surface area contributed by atoms with Gasteiger partial charge in [-0.15, -0.1) is 0 Å². The van der Waals surface area contributed by atoms with Crippen LogP contribution in [0.1, 0.15) is 5.56 Å². The number of benzene rings is 1. The van der Waals surface area contributed by atoms with Gasteiger partial charge in [-0.2, -0.15) is 11.8 Å². The van der Waals surface area contributed by atoms with Crippen molar-refractivity contribution in [3.63, 3.8) is 0 Å². The van der Waals surface area contributed by atoms with Gasteiger partial charge >= 0.3 is 0 Å². The predicted molar refractivity (Wildman–Crippen MR) is 62.6 cm³/mol. The third-order valence-electron chi connectivity index (χ3n) is 1.51. The van der Waals surface area contributed by atoms with E-state index in [1.807, 2.05) is 12.3 Å². The van der Waals surface area contributed by atoms with Gasteiger partial charge in [0.15, 0.2) is 0 Å². The summed E-state index contributed by atoms with van der Waals surface area (Å²) in [6.45, 7) is 0.807. The van der Waals surface area contributed by atoms with Crippen LogP contribution in [0.15, 0.2) is 30.3 Å². The minimum atomic E-state index is -1.04. The van der Waals surface area contributed by atoms with Crippen molar-refractivity contribution in [1.29, 1.82) is 0 Å². The third kappa shape index (κ3) is 9.31. The highest BCUT2D eigenvalue weighted by molar-refractivity contribution is 7.98. The summed E-state index contributed by atoms with van der Waals surface area (Å²) in [6.07, 6.45) is 2.05. The van der Waals surface area contributed by atoms with Crippen molar-refractivity contribution in [3.8, 4) is 0 Å². The Kier molecular flexibility index (Phi) is 8.91. The van der Waals surface area contributed by atoms with E-state index in [0.29, 0.717) is 0 Å². The number of carbonyl (C=O) groups excluding carboxylic acids is 1. The number of rotatable bonds is 4. The van der Waals surface area contributed by atoms with Crippen LogP contribution >= 0.6 is 11.8 Å². The largest absolute Gasteiger partial charge is 0.550 e. The van der Waals surface area contributed by atoms with Crippen LogP contribution in [0.3, 0.4) is 0 Å². The number of carboxylic acids is 1. The zero-order valence-electron chi connectivity index (χ0n) is 8.81. The summed E-state index contributed by atoms with van der Waals surface area (Å²) < 4.78 is 0. The van der Waals surface area contributed by atoms with E-state index < -0.39 is 5.97 Å². The van der Waals surface area contributed by atoms with Crippen molar-refractivity contribution in [2.75, 3.05) is 18.6 Å². The van der Waals surface area contributed by atoms with Crippen LogP contribution in [0.5, 0.6) is 0 Å². The van der Waals surface area contributed by atoms with Crippen molar-refractivity contribution in [1.82, 2.24) is 0 Å². The Bertz CT molecular complexity index is 263. The van der Waals surface area contributed by atoms with Crippen molar-refractivity contribution in [3.05, 3.63) is 35.9 Å². The highest BCUT2D eigenvalue weighted by atomic mass is 32.2. The monoisotopic (exact) mass is 226 g/mol. The van der Waals surface area contributed by atoms with Crippen LogP contribution in [0.2, 0.25) is 0 Å². The number of hydrogen-bond donors (Lipinski definition) is 1. The highest BCUT2D eigenvalue weighted by Gasteiger charge is 1.88. The van der Waals surface area contributed by atoms with Crippen molar-refractivity contribution in [2.45, 2.75) is 6.42 Å². The van der Waals surface area contributed by atoms with Crippen LogP contribution in [0.25, 0.3) is 0 Å². The predicted octanol–water partition coefficient (Wildman–Crippen LogP) is 0.287. The minimum Gasteiger partial charge on any atom is -0.550 e. The molecular weight excluding hydrogens is 210 g/mol. The lowest BCUT2D eigenvalue weighted by Crippen LogP contribution is -2.24. The molecule has 0 aliphatic rings. The van der Waals surface area contributed by atoms with Gasteiger partial charge in [0.1, 0.15) is 0 Å². The first-order valence-corrected chi connectivity index (χ1v) is 6.03. The molecule has 0 aromatic heterocycles. The van der Waals surface area contributed by atoms with E-state index in [0.717, 1.165) is 17.9 Å². The van der Waals surface area contributed by atoms with Gasteiger partial charge in [-0.1, -0.05) is 30.3 Å². The molecule has 0 fully saturated rings. The first kappa shape index (κ1) is 14.0. The van der Waals surface area contributed by atoms with Gasteiger partial charge in [0, 0.05) is 24.7 Å². The van der Waals surface area contributed by atoms with Gasteiger partial charge in [0.05, 0.1) is 0 Å². The standard InChI is InChI=1S/C8H8O2.C3H9NS/c9-8(10)6-7-4-2-1-3-5-7;1-5-3-2-4/h1-5H,6H2,(H,9,10);2-4H2,1H3/p-1. The zero-order chi connectivity index (χ0) is 11.5. The highest BCUT2D eigenvalue weighted by Crippen LogP contribution is 1.97. The zero-order valence-corrected chi connectivity index (χ0v) is 9.63. The molecule has 84 valence electrons. The fourth-order valence-electron chi connectivity index (χ4n) is 0.880. The maximum atomic E-state index is 10.1. The number of aliphatic carboxylic acids is 1. The molecule has 0 aliphatic heterocycles. The second-order valence-corrected chi connectivity index (χ2v) is 3.80. The van der Waals surface area contributed by atoms with Gasteiger partial charge in [0.2, 0.25) is 0 Å². The van der Waals surface area contributed by atoms with Gasteiger partial charge in [0.25, 0.3) is 0 Å². The van der Waals surface area contributed by atoms with Crippen LogP contribution in [0.4, 0.5) is 0 Å². The smallest absolute Gasteiger partial charge is 0.0458 e.